The van der Waals surface area contributed by atoms with Crippen molar-refractivity contribution in [3.8, 4) is 0 Å². The Kier molecular flexibility index (Phi) is 3.96. The summed E-state index contributed by atoms with van der Waals surface area (Å²) in [6.07, 6.45) is -0.321. The Balaban J connectivity index is 2.99. The van der Waals surface area contributed by atoms with Crippen LogP contribution in [0.4, 0.5) is 0 Å². The van der Waals surface area contributed by atoms with Gasteiger partial charge in [0, 0.05) is 0 Å². The van der Waals surface area contributed by atoms with Gasteiger partial charge in [-0.1, -0.05) is 0 Å². The van der Waals surface area contributed by atoms with Crippen LogP contribution in [0.25, 0.3) is 0 Å². The summed E-state index contributed by atoms with van der Waals surface area (Å²) >= 11 is 6.29. The molecule has 0 bridgehead atoms. The first-order valence-corrected chi connectivity index (χ1v) is 3.56. The zero-order chi connectivity index (χ0) is 5.15. The predicted octanol–water partition coefficient (Wildman–Crippen LogP) is 0.101. The van der Waals surface area contributed by atoms with E-state index in [1.807, 2.05) is 0 Å². The van der Waals surface area contributed by atoms with Gasteiger partial charge in [0.15, 0.2) is 0 Å². The van der Waals surface area contributed by atoms with Gasteiger partial charge in [0.25, 0.3) is 0 Å². The Labute approximate surface area is 60.1 Å². The summed E-state index contributed by atoms with van der Waals surface area (Å²) in [5.74, 6) is 0. The maximum absolute atomic E-state index is 8.53. The summed E-state index contributed by atoms with van der Waals surface area (Å²) < 4.78 is 0.0185. The zero-order valence-electron chi connectivity index (χ0n) is 3.98. The van der Waals surface area contributed by atoms with Crippen molar-refractivity contribution >= 4 is 39.5 Å². The molecule has 0 aromatic heterocycles. The molecule has 0 aliphatic carbocycles. The van der Waals surface area contributed by atoms with E-state index in [2.05, 4.69) is 0 Å². The molecule has 0 rings (SSSR count). The van der Waals surface area contributed by atoms with Crippen molar-refractivity contribution in [2.24, 2.45) is 0 Å². The molecule has 0 radical (unpaired) electrons. The second kappa shape index (κ2) is 3.28. The van der Waals surface area contributed by atoms with Gasteiger partial charge in [-0.2, -0.15) is 0 Å². The molecule has 1 nitrogen and oxygen atoms in total. The molecule has 0 aromatic rings. The molecule has 0 aliphatic heterocycles. The molecule has 0 heterocycles. The number of hydrogen-bond acceptors (Lipinski definition) is 1. The van der Waals surface area contributed by atoms with Crippen molar-refractivity contribution in [2.75, 3.05) is 0 Å². The van der Waals surface area contributed by atoms with Crippen molar-refractivity contribution < 1.29 is 5.11 Å². The van der Waals surface area contributed by atoms with Gasteiger partial charge >= 0.3 is 60.3 Å². The summed E-state index contributed by atoms with van der Waals surface area (Å²) in [7, 11) is 0. The fourth-order valence-corrected chi connectivity index (χ4v) is 0. The molecule has 2 unspecified atom stereocenters. The number of rotatable bonds is 1. The summed E-state index contributed by atoms with van der Waals surface area (Å²) in [4.78, 5) is 0. The van der Waals surface area contributed by atoms with E-state index in [0.717, 1.165) is 27.9 Å². The molecule has 3 heteroatoms. The van der Waals surface area contributed by atoms with Gasteiger partial charge in [0.2, 0.25) is 0 Å². The predicted molar refractivity (Wildman–Crippen MR) is 27.1 cm³/mol. The van der Waals surface area contributed by atoms with E-state index in [1.54, 1.807) is 6.92 Å². The van der Waals surface area contributed by atoms with E-state index in [-0.39, 0.29) is 8.73 Å². The van der Waals surface area contributed by atoms with Crippen molar-refractivity contribution in [1.82, 2.24) is 0 Å². The molecule has 1 N–H and O–H groups in total. The van der Waals surface area contributed by atoms with Gasteiger partial charge in [-0.25, -0.2) is 0 Å². The molecule has 0 amide bonds. The normalized spacial score (nSPS) is 20.2. The number of halogens is 1. The van der Waals surface area contributed by atoms with Crippen LogP contribution in [-0.2, 0) is 0 Å². The third kappa shape index (κ3) is 3.44. The van der Waals surface area contributed by atoms with Crippen LogP contribution >= 0.6 is 11.6 Å². The molecule has 0 saturated heterocycles. The zero-order valence-corrected chi connectivity index (χ0v) is 6.74. The fraction of sp³-hybridized carbons (Fsp3) is 1.00. The molecule has 0 saturated carbocycles. The van der Waals surface area contributed by atoms with Crippen LogP contribution in [-0.4, -0.2) is 41.8 Å². The van der Waals surface area contributed by atoms with Crippen LogP contribution < -0.4 is 0 Å². The van der Waals surface area contributed by atoms with E-state index in [9.17, 15) is 0 Å². The monoisotopic (exact) mass is 116 g/mol. The SMILES string of the molecule is CC(O)[CH]([Na])Cl. The van der Waals surface area contributed by atoms with E-state index in [4.69, 9.17) is 16.7 Å². The molecule has 0 fully saturated rings. The third-order valence-electron chi connectivity index (χ3n) is 0.665. The van der Waals surface area contributed by atoms with Crippen LogP contribution in [0.15, 0.2) is 0 Å². The summed E-state index contributed by atoms with van der Waals surface area (Å²) in [6.45, 7) is 1.70. The second-order valence-electron chi connectivity index (χ2n) is 1.42. The molecule has 2 atom stereocenters. The first kappa shape index (κ1) is 7.25. The van der Waals surface area contributed by atoms with Crippen molar-refractivity contribution in [3.05, 3.63) is 0 Å². The van der Waals surface area contributed by atoms with Gasteiger partial charge in [-0.15, -0.1) is 0 Å². The van der Waals surface area contributed by atoms with E-state index >= 15 is 0 Å². The molecular formula is C3H6ClNaO. The Morgan fingerprint density at radius 1 is 1.83 bits per heavy atom. The number of alkyl halides is 1. The van der Waals surface area contributed by atoms with Crippen LogP contribution in [0, 0.1) is 0 Å². The molecule has 6 heavy (non-hydrogen) atoms. The molecule has 0 aromatic carbocycles. The first-order chi connectivity index (χ1) is 2.64. The van der Waals surface area contributed by atoms with Gasteiger partial charge in [-0.05, 0) is 0 Å². The second-order valence-corrected chi connectivity index (χ2v) is 4.08. The average molecular weight is 117 g/mol. The Hall–Kier alpha value is 1.25. The average Bonchev–Trinajstić information content (AvgIpc) is 1.36. The summed E-state index contributed by atoms with van der Waals surface area (Å²) in [5.41, 5.74) is 0. The van der Waals surface area contributed by atoms with Gasteiger partial charge < -0.3 is 0 Å². The van der Waals surface area contributed by atoms with E-state index in [1.165, 1.54) is 0 Å². The molecular weight excluding hydrogens is 110 g/mol. The molecule has 0 spiro atoms. The first-order valence-electron chi connectivity index (χ1n) is 1.96. The van der Waals surface area contributed by atoms with Gasteiger partial charge in [0.05, 0.1) is 0 Å². The van der Waals surface area contributed by atoms with Crippen LogP contribution in [0.1, 0.15) is 6.92 Å². The van der Waals surface area contributed by atoms with Gasteiger partial charge in [0.1, 0.15) is 0 Å². The fourth-order valence-electron chi connectivity index (χ4n) is 0. The van der Waals surface area contributed by atoms with Crippen LogP contribution in [0.3, 0.4) is 0 Å². The third-order valence-corrected chi connectivity index (χ3v) is 1.99. The van der Waals surface area contributed by atoms with Crippen LogP contribution in [0.2, 0.25) is 0 Å². The Morgan fingerprint density at radius 2 is 2.00 bits per heavy atom. The maximum atomic E-state index is 8.53. The van der Waals surface area contributed by atoms with E-state index < -0.39 is 0 Å². The summed E-state index contributed by atoms with van der Waals surface area (Å²) in [6, 6.07) is 0. The van der Waals surface area contributed by atoms with Crippen molar-refractivity contribution in [3.63, 3.8) is 0 Å². The number of aliphatic hydroxyl groups is 1. The number of hydrogen-bond donors (Lipinski definition) is 1. The Morgan fingerprint density at radius 3 is 2.00 bits per heavy atom. The summed E-state index contributed by atoms with van der Waals surface area (Å²) in [5, 5.41) is 8.53. The van der Waals surface area contributed by atoms with Crippen LogP contribution in [0.5, 0.6) is 0 Å². The topological polar surface area (TPSA) is 20.2 Å². The molecule has 32 valence electrons. The van der Waals surface area contributed by atoms with E-state index in [0.29, 0.717) is 0 Å². The molecule has 0 aliphatic rings. The Bertz CT molecular complexity index is 31.8. The minimum absolute atomic E-state index is 0.0185. The quantitative estimate of drug-likeness (QED) is 0.381. The van der Waals surface area contributed by atoms with Crippen molar-refractivity contribution in [1.29, 1.82) is 0 Å². The number of aliphatic hydroxyl groups excluding tert-OH is 1. The van der Waals surface area contributed by atoms with Crippen molar-refractivity contribution in [2.45, 2.75) is 15.7 Å². The van der Waals surface area contributed by atoms with Gasteiger partial charge in [-0.3, -0.25) is 0 Å². The minimum atomic E-state index is -0.321. The standard InChI is InChI=1S/C3H6ClO.Na/c1-3(5)2-4;/h2-3,5H,1H3;.